The van der Waals surface area contributed by atoms with E-state index in [9.17, 15) is 14.7 Å². The molecule has 7 nitrogen and oxygen atoms in total. The van der Waals surface area contributed by atoms with Crippen LogP contribution in [0.1, 0.15) is 67.0 Å². The number of carbonyl (C=O) groups is 2. The molecule has 31 heavy (non-hydrogen) atoms. The Morgan fingerprint density at radius 2 is 2.00 bits per heavy atom. The lowest BCUT2D eigenvalue weighted by molar-refractivity contribution is -0.119. The Morgan fingerprint density at radius 3 is 2.68 bits per heavy atom. The SMILES string of the molecule is Cc1cc(-c2ccc(Cl)c(C(=O)NC(O)C3CCCCCC3)c2)nn1C1CNC(=O)C1. The van der Waals surface area contributed by atoms with Crippen LogP contribution in [0.25, 0.3) is 11.3 Å². The minimum atomic E-state index is -0.876. The number of aromatic nitrogens is 2. The summed E-state index contributed by atoms with van der Waals surface area (Å²) in [6.07, 6.45) is 5.91. The minimum absolute atomic E-state index is 0.00830. The quantitative estimate of drug-likeness (QED) is 0.485. The molecule has 2 amide bonds. The van der Waals surface area contributed by atoms with Crippen LogP contribution in [0.3, 0.4) is 0 Å². The predicted octanol–water partition coefficient (Wildman–Crippen LogP) is 3.59. The Bertz CT molecular complexity index is 966. The van der Waals surface area contributed by atoms with Crippen molar-refractivity contribution in [1.82, 2.24) is 20.4 Å². The topological polar surface area (TPSA) is 96.2 Å². The van der Waals surface area contributed by atoms with Crippen molar-refractivity contribution in [2.45, 2.75) is 64.1 Å². The number of nitrogens with zero attached hydrogens (tertiary/aromatic N) is 2. The van der Waals surface area contributed by atoms with Crippen molar-refractivity contribution in [3.8, 4) is 11.3 Å². The maximum Gasteiger partial charge on any atom is 0.254 e. The average Bonchev–Trinajstić information content (AvgIpc) is 3.22. The third-order valence-corrected chi connectivity index (χ3v) is 6.69. The van der Waals surface area contributed by atoms with Gasteiger partial charge in [0.15, 0.2) is 0 Å². The molecule has 2 heterocycles. The highest BCUT2D eigenvalue weighted by Gasteiger charge is 2.26. The molecule has 8 heteroatoms. The highest BCUT2D eigenvalue weighted by atomic mass is 35.5. The van der Waals surface area contributed by atoms with Crippen molar-refractivity contribution in [2.24, 2.45) is 5.92 Å². The number of hydrogen-bond acceptors (Lipinski definition) is 4. The van der Waals surface area contributed by atoms with Gasteiger partial charge in [-0.25, -0.2) is 0 Å². The summed E-state index contributed by atoms with van der Waals surface area (Å²) in [5.74, 6) is -0.279. The second kappa shape index (κ2) is 9.40. The van der Waals surface area contributed by atoms with Crippen LogP contribution in [-0.2, 0) is 4.79 Å². The molecule has 2 fully saturated rings. The van der Waals surface area contributed by atoms with Gasteiger partial charge in [0.05, 0.1) is 28.7 Å². The first-order valence-corrected chi connectivity index (χ1v) is 11.4. The van der Waals surface area contributed by atoms with E-state index >= 15 is 0 Å². The molecule has 0 radical (unpaired) electrons. The molecule has 1 aromatic carbocycles. The predicted molar refractivity (Wildman–Crippen MR) is 119 cm³/mol. The van der Waals surface area contributed by atoms with Gasteiger partial charge in [-0.15, -0.1) is 0 Å². The van der Waals surface area contributed by atoms with Crippen LogP contribution in [0, 0.1) is 12.8 Å². The van der Waals surface area contributed by atoms with Crippen molar-refractivity contribution >= 4 is 23.4 Å². The van der Waals surface area contributed by atoms with Crippen LogP contribution in [0.5, 0.6) is 0 Å². The summed E-state index contributed by atoms with van der Waals surface area (Å²) in [6.45, 7) is 2.51. The van der Waals surface area contributed by atoms with Gasteiger partial charge in [-0.05, 0) is 38.0 Å². The third-order valence-electron chi connectivity index (χ3n) is 6.36. The van der Waals surface area contributed by atoms with Crippen LogP contribution in [-0.4, -0.2) is 39.5 Å². The first-order valence-electron chi connectivity index (χ1n) is 11.0. The molecule has 1 saturated carbocycles. The van der Waals surface area contributed by atoms with Crippen molar-refractivity contribution in [1.29, 1.82) is 0 Å². The fourth-order valence-corrected chi connectivity index (χ4v) is 4.78. The maximum atomic E-state index is 12.9. The molecule has 0 spiro atoms. The second-order valence-electron chi connectivity index (χ2n) is 8.64. The van der Waals surface area contributed by atoms with Crippen molar-refractivity contribution in [3.63, 3.8) is 0 Å². The zero-order valence-corrected chi connectivity index (χ0v) is 18.5. The number of halogens is 1. The standard InChI is InChI=1S/C23H29ClN4O3/c1-14-10-20(27-28(14)17-12-21(29)25-13-17)16-8-9-19(24)18(11-16)23(31)26-22(30)15-6-4-2-3-5-7-15/h8-11,15,17,22,30H,2-7,12-13H2,1H3,(H,25,29)(H,26,31). The first-order chi connectivity index (χ1) is 14.9. The van der Waals surface area contributed by atoms with Crippen molar-refractivity contribution < 1.29 is 14.7 Å². The number of hydrogen-bond donors (Lipinski definition) is 3. The molecule has 2 atom stereocenters. The molecular weight excluding hydrogens is 416 g/mol. The van der Waals surface area contributed by atoms with Gasteiger partial charge in [-0.3, -0.25) is 14.3 Å². The van der Waals surface area contributed by atoms with Crippen LogP contribution in [0.4, 0.5) is 0 Å². The van der Waals surface area contributed by atoms with E-state index in [2.05, 4.69) is 15.7 Å². The van der Waals surface area contributed by atoms with E-state index < -0.39 is 6.23 Å². The van der Waals surface area contributed by atoms with Crippen LogP contribution in [0.15, 0.2) is 24.3 Å². The number of aryl methyl sites for hydroxylation is 1. The maximum absolute atomic E-state index is 12.9. The normalized spacial score (nSPS) is 20.9. The zero-order chi connectivity index (χ0) is 22.0. The van der Waals surface area contributed by atoms with E-state index in [0.29, 0.717) is 29.2 Å². The summed E-state index contributed by atoms with van der Waals surface area (Å²) in [5.41, 5.74) is 2.74. The number of amides is 2. The summed E-state index contributed by atoms with van der Waals surface area (Å²) in [5, 5.41) is 21.1. The molecular formula is C23H29ClN4O3. The first kappa shape index (κ1) is 21.8. The molecule has 1 aromatic heterocycles. The van der Waals surface area contributed by atoms with Gasteiger partial charge in [-0.1, -0.05) is 43.4 Å². The Labute approximate surface area is 187 Å². The van der Waals surface area contributed by atoms with E-state index in [1.54, 1.807) is 12.1 Å². The molecule has 0 bridgehead atoms. The number of rotatable bonds is 5. The van der Waals surface area contributed by atoms with Gasteiger partial charge in [0.25, 0.3) is 5.91 Å². The molecule has 4 rings (SSSR count). The Balaban J connectivity index is 1.52. The van der Waals surface area contributed by atoms with Gasteiger partial charge in [0.2, 0.25) is 5.91 Å². The van der Waals surface area contributed by atoms with E-state index in [0.717, 1.165) is 36.9 Å². The lowest BCUT2D eigenvalue weighted by Crippen LogP contribution is -2.40. The van der Waals surface area contributed by atoms with Gasteiger partial charge in [0, 0.05) is 23.7 Å². The molecule has 3 N–H and O–H groups in total. The van der Waals surface area contributed by atoms with Crippen LogP contribution >= 0.6 is 11.6 Å². The monoisotopic (exact) mass is 444 g/mol. The molecule has 1 aliphatic heterocycles. The number of carbonyl (C=O) groups excluding carboxylic acids is 2. The molecule has 1 aliphatic carbocycles. The Morgan fingerprint density at radius 1 is 1.26 bits per heavy atom. The summed E-state index contributed by atoms with van der Waals surface area (Å²) in [4.78, 5) is 24.4. The minimum Gasteiger partial charge on any atom is -0.373 e. The van der Waals surface area contributed by atoms with E-state index in [-0.39, 0.29) is 23.8 Å². The highest BCUT2D eigenvalue weighted by Crippen LogP contribution is 2.28. The number of benzene rings is 1. The number of aliphatic hydroxyl groups is 1. The van der Waals surface area contributed by atoms with E-state index in [1.165, 1.54) is 12.8 Å². The lowest BCUT2D eigenvalue weighted by atomic mass is 9.98. The molecule has 1 saturated heterocycles. The Hall–Kier alpha value is -2.38. The lowest BCUT2D eigenvalue weighted by Gasteiger charge is -2.22. The average molecular weight is 445 g/mol. The zero-order valence-electron chi connectivity index (χ0n) is 17.7. The van der Waals surface area contributed by atoms with Gasteiger partial charge >= 0.3 is 0 Å². The number of aliphatic hydroxyl groups excluding tert-OH is 1. The summed E-state index contributed by atoms with van der Waals surface area (Å²) >= 11 is 6.32. The Kier molecular flexibility index (Phi) is 6.62. The van der Waals surface area contributed by atoms with Crippen molar-refractivity contribution in [3.05, 3.63) is 40.5 Å². The fraction of sp³-hybridized carbons (Fsp3) is 0.522. The van der Waals surface area contributed by atoms with E-state index in [4.69, 9.17) is 11.6 Å². The van der Waals surface area contributed by atoms with E-state index in [1.807, 2.05) is 23.7 Å². The third kappa shape index (κ3) is 4.93. The van der Waals surface area contributed by atoms with Crippen molar-refractivity contribution in [2.75, 3.05) is 6.54 Å². The molecule has 166 valence electrons. The summed E-state index contributed by atoms with van der Waals surface area (Å²) < 4.78 is 1.86. The number of nitrogens with one attached hydrogen (secondary N) is 2. The van der Waals surface area contributed by atoms with Gasteiger partial charge in [-0.2, -0.15) is 5.10 Å². The second-order valence-corrected chi connectivity index (χ2v) is 9.05. The largest absolute Gasteiger partial charge is 0.373 e. The van der Waals surface area contributed by atoms with Crippen LogP contribution in [0.2, 0.25) is 5.02 Å². The van der Waals surface area contributed by atoms with Gasteiger partial charge in [0.1, 0.15) is 6.23 Å². The smallest absolute Gasteiger partial charge is 0.254 e. The highest BCUT2D eigenvalue weighted by molar-refractivity contribution is 6.34. The molecule has 2 unspecified atom stereocenters. The summed E-state index contributed by atoms with van der Waals surface area (Å²) in [7, 11) is 0. The van der Waals surface area contributed by atoms with Gasteiger partial charge < -0.3 is 15.7 Å². The molecule has 2 aliphatic rings. The summed E-state index contributed by atoms with van der Waals surface area (Å²) in [6, 6.07) is 7.14. The molecule has 2 aromatic rings. The fourth-order valence-electron chi connectivity index (χ4n) is 4.58. The van der Waals surface area contributed by atoms with Crippen LogP contribution < -0.4 is 10.6 Å².